The minimum Gasteiger partial charge on any atom is -0.347 e. The van der Waals surface area contributed by atoms with Gasteiger partial charge in [-0.3, -0.25) is 4.79 Å². The Labute approximate surface area is 201 Å². The standard InChI is InChI=1S/C25H35N3O3S2/c29-25(21-9-5-2-6-10-21)27-19-23-11-12-24(32-23)33(30,31)28-17-14-22(15-18-28)26-16-13-20-7-3-1-4-8-20/h2,5-6,9-12,20,22,26H,1,3-4,7-8,13-19H2,(H,27,29). The minimum absolute atomic E-state index is 0.161. The van der Waals surface area contributed by atoms with Crippen LogP contribution in [0.5, 0.6) is 0 Å². The lowest BCUT2D eigenvalue weighted by atomic mass is 9.87. The Morgan fingerprint density at radius 3 is 2.42 bits per heavy atom. The second-order valence-electron chi connectivity index (χ2n) is 9.19. The lowest BCUT2D eigenvalue weighted by Crippen LogP contribution is -2.45. The van der Waals surface area contributed by atoms with E-state index in [0.717, 1.165) is 30.2 Å². The van der Waals surface area contributed by atoms with Crippen molar-refractivity contribution in [1.29, 1.82) is 0 Å². The van der Waals surface area contributed by atoms with Crippen LogP contribution in [0.25, 0.3) is 0 Å². The summed E-state index contributed by atoms with van der Waals surface area (Å²) in [5, 5.41) is 6.53. The highest BCUT2D eigenvalue weighted by Crippen LogP contribution is 2.28. The Bertz CT molecular complexity index is 993. The topological polar surface area (TPSA) is 78.5 Å². The first-order valence-corrected chi connectivity index (χ1v) is 14.4. The van der Waals surface area contributed by atoms with Gasteiger partial charge in [0, 0.05) is 29.6 Å². The fourth-order valence-electron chi connectivity index (χ4n) is 4.85. The zero-order valence-electron chi connectivity index (χ0n) is 19.2. The third-order valence-corrected chi connectivity index (χ3v) is 10.3. The minimum atomic E-state index is -3.48. The first-order valence-electron chi connectivity index (χ1n) is 12.2. The highest BCUT2D eigenvalue weighted by molar-refractivity contribution is 7.91. The molecule has 1 aliphatic carbocycles. The smallest absolute Gasteiger partial charge is 0.252 e. The summed E-state index contributed by atoms with van der Waals surface area (Å²) in [6, 6.07) is 12.9. The summed E-state index contributed by atoms with van der Waals surface area (Å²) in [6.45, 7) is 2.48. The van der Waals surface area contributed by atoms with E-state index >= 15 is 0 Å². The molecule has 1 amide bonds. The van der Waals surface area contributed by atoms with E-state index < -0.39 is 10.0 Å². The summed E-state index contributed by atoms with van der Waals surface area (Å²) in [6.07, 6.45) is 9.86. The Morgan fingerprint density at radius 2 is 1.70 bits per heavy atom. The fraction of sp³-hybridized carbons (Fsp3) is 0.560. The van der Waals surface area contributed by atoms with E-state index in [1.807, 2.05) is 18.2 Å². The molecule has 0 radical (unpaired) electrons. The predicted octanol–water partition coefficient (Wildman–Crippen LogP) is 4.39. The number of carbonyl (C=O) groups excluding carboxylic acids is 1. The average Bonchev–Trinajstić information content (AvgIpc) is 3.34. The van der Waals surface area contributed by atoms with Gasteiger partial charge < -0.3 is 10.6 Å². The molecule has 2 aliphatic rings. The van der Waals surface area contributed by atoms with Gasteiger partial charge in [0.15, 0.2) is 0 Å². The maximum absolute atomic E-state index is 13.1. The van der Waals surface area contributed by atoms with Crippen molar-refractivity contribution in [2.45, 2.75) is 68.2 Å². The van der Waals surface area contributed by atoms with Gasteiger partial charge in [-0.1, -0.05) is 50.3 Å². The first-order chi connectivity index (χ1) is 16.0. The van der Waals surface area contributed by atoms with Crippen LogP contribution in [0, 0.1) is 5.92 Å². The summed E-state index contributed by atoms with van der Waals surface area (Å²) < 4.78 is 28.2. The number of thiophene rings is 1. The number of piperidine rings is 1. The molecule has 2 aromatic rings. The highest BCUT2D eigenvalue weighted by atomic mass is 32.2. The van der Waals surface area contributed by atoms with Gasteiger partial charge in [0.05, 0.1) is 6.54 Å². The molecule has 1 saturated carbocycles. The number of sulfonamides is 1. The van der Waals surface area contributed by atoms with Gasteiger partial charge in [-0.05, 0) is 56.0 Å². The number of carbonyl (C=O) groups is 1. The van der Waals surface area contributed by atoms with E-state index in [1.54, 1.807) is 28.6 Å². The summed E-state index contributed by atoms with van der Waals surface area (Å²) in [5.41, 5.74) is 0.595. The number of hydrogen-bond acceptors (Lipinski definition) is 5. The molecule has 2 fully saturated rings. The van der Waals surface area contributed by atoms with E-state index in [1.165, 1.54) is 49.9 Å². The summed E-state index contributed by atoms with van der Waals surface area (Å²) in [4.78, 5) is 13.1. The molecule has 33 heavy (non-hydrogen) atoms. The van der Waals surface area contributed by atoms with Crippen LogP contribution in [-0.4, -0.2) is 44.3 Å². The zero-order chi connectivity index (χ0) is 23.1. The van der Waals surface area contributed by atoms with Gasteiger partial charge in [0.1, 0.15) is 4.21 Å². The van der Waals surface area contributed by atoms with Crippen LogP contribution in [0.4, 0.5) is 0 Å². The average molecular weight is 490 g/mol. The first kappa shape index (κ1) is 24.4. The second kappa shape index (κ2) is 11.6. The molecule has 0 unspecified atom stereocenters. The Balaban J connectivity index is 1.22. The second-order valence-corrected chi connectivity index (χ2v) is 12.5. The number of nitrogens with one attached hydrogen (secondary N) is 2. The van der Waals surface area contributed by atoms with E-state index in [4.69, 9.17) is 0 Å². The predicted molar refractivity (Wildman–Crippen MR) is 133 cm³/mol. The van der Waals surface area contributed by atoms with Crippen LogP contribution in [0.1, 0.15) is 66.6 Å². The lowest BCUT2D eigenvalue weighted by Gasteiger charge is -2.32. The zero-order valence-corrected chi connectivity index (χ0v) is 20.8. The molecule has 6 nitrogen and oxygen atoms in total. The third kappa shape index (κ3) is 6.66. The molecule has 1 saturated heterocycles. The van der Waals surface area contributed by atoms with E-state index in [0.29, 0.717) is 35.4 Å². The van der Waals surface area contributed by atoms with Crippen molar-refractivity contribution in [3.63, 3.8) is 0 Å². The van der Waals surface area contributed by atoms with Crippen molar-refractivity contribution in [2.75, 3.05) is 19.6 Å². The molecule has 4 rings (SSSR count). The number of nitrogens with zero attached hydrogens (tertiary/aromatic N) is 1. The van der Waals surface area contributed by atoms with Crippen LogP contribution in [0.2, 0.25) is 0 Å². The SMILES string of the molecule is O=C(NCc1ccc(S(=O)(=O)N2CCC(NCCC3CCCCC3)CC2)s1)c1ccccc1. The van der Waals surface area contributed by atoms with Crippen molar-refractivity contribution in [3.05, 3.63) is 52.9 Å². The molecular formula is C25H35N3O3S2. The Hall–Kier alpha value is -1.74. The Morgan fingerprint density at radius 1 is 0.970 bits per heavy atom. The molecule has 8 heteroatoms. The summed E-state index contributed by atoms with van der Waals surface area (Å²) >= 11 is 1.24. The fourth-order valence-corrected chi connectivity index (χ4v) is 7.77. The van der Waals surface area contributed by atoms with Crippen molar-refractivity contribution in [2.24, 2.45) is 5.92 Å². The highest BCUT2D eigenvalue weighted by Gasteiger charge is 2.30. The van der Waals surface area contributed by atoms with Gasteiger partial charge in [0.2, 0.25) is 0 Å². The maximum atomic E-state index is 13.1. The summed E-state index contributed by atoms with van der Waals surface area (Å²) in [5.74, 6) is 0.712. The maximum Gasteiger partial charge on any atom is 0.252 e. The monoisotopic (exact) mass is 489 g/mol. The molecule has 1 aliphatic heterocycles. The molecule has 180 valence electrons. The number of hydrogen-bond donors (Lipinski definition) is 2. The van der Waals surface area contributed by atoms with Crippen molar-refractivity contribution < 1.29 is 13.2 Å². The van der Waals surface area contributed by atoms with Crippen LogP contribution in [0.3, 0.4) is 0 Å². The van der Waals surface area contributed by atoms with Gasteiger partial charge in [-0.25, -0.2) is 8.42 Å². The molecule has 2 heterocycles. The normalized spacial score (nSPS) is 18.9. The van der Waals surface area contributed by atoms with E-state index in [2.05, 4.69) is 10.6 Å². The van der Waals surface area contributed by atoms with Crippen LogP contribution in [0.15, 0.2) is 46.7 Å². The van der Waals surface area contributed by atoms with Gasteiger partial charge in [-0.15, -0.1) is 11.3 Å². The molecule has 0 bridgehead atoms. The molecule has 0 spiro atoms. The lowest BCUT2D eigenvalue weighted by molar-refractivity contribution is 0.0951. The van der Waals surface area contributed by atoms with Crippen molar-refractivity contribution in [1.82, 2.24) is 14.9 Å². The van der Waals surface area contributed by atoms with Crippen LogP contribution < -0.4 is 10.6 Å². The van der Waals surface area contributed by atoms with E-state index in [9.17, 15) is 13.2 Å². The number of rotatable bonds is 9. The number of benzene rings is 1. The quantitative estimate of drug-likeness (QED) is 0.548. The van der Waals surface area contributed by atoms with Crippen molar-refractivity contribution >= 4 is 27.3 Å². The Kier molecular flexibility index (Phi) is 8.57. The van der Waals surface area contributed by atoms with E-state index in [-0.39, 0.29) is 5.91 Å². The largest absolute Gasteiger partial charge is 0.347 e. The van der Waals surface area contributed by atoms with Crippen molar-refractivity contribution in [3.8, 4) is 0 Å². The summed E-state index contributed by atoms with van der Waals surface area (Å²) in [7, 11) is -3.48. The van der Waals surface area contributed by atoms with Crippen LogP contribution in [-0.2, 0) is 16.6 Å². The molecule has 1 aromatic carbocycles. The molecule has 1 aromatic heterocycles. The van der Waals surface area contributed by atoms with Gasteiger partial charge in [-0.2, -0.15) is 4.31 Å². The van der Waals surface area contributed by atoms with Gasteiger partial charge >= 0.3 is 0 Å². The molecule has 0 atom stereocenters. The third-order valence-electron chi connectivity index (χ3n) is 6.85. The van der Waals surface area contributed by atoms with Crippen LogP contribution >= 0.6 is 11.3 Å². The number of amides is 1. The molecular weight excluding hydrogens is 454 g/mol. The van der Waals surface area contributed by atoms with Gasteiger partial charge in [0.25, 0.3) is 15.9 Å². The molecule has 2 N–H and O–H groups in total.